The smallest absolute Gasteiger partial charge is 0.254 e. The van der Waals surface area contributed by atoms with Gasteiger partial charge in [-0.25, -0.2) is 0 Å². The standard InChI is InChI=1S/C8H14N4O/c1-6-7(5-11-12-6)8(13)10-4-3-9-2/h5,9H,3-4H2,1-2H3,(H,10,13)(H,11,12). The average molecular weight is 182 g/mol. The number of hydrogen-bond donors (Lipinski definition) is 3. The van der Waals surface area contributed by atoms with Crippen molar-refractivity contribution in [3.8, 4) is 0 Å². The van der Waals surface area contributed by atoms with E-state index in [4.69, 9.17) is 0 Å². The Morgan fingerprint density at radius 2 is 2.38 bits per heavy atom. The second-order valence-electron chi connectivity index (χ2n) is 2.77. The normalized spacial score (nSPS) is 10.0. The fourth-order valence-electron chi connectivity index (χ4n) is 0.976. The molecular weight excluding hydrogens is 168 g/mol. The summed E-state index contributed by atoms with van der Waals surface area (Å²) in [4.78, 5) is 11.4. The minimum Gasteiger partial charge on any atom is -0.351 e. The van der Waals surface area contributed by atoms with Crippen molar-refractivity contribution >= 4 is 5.91 Å². The van der Waals surface area contributed by atoms with Gasteiger partial charge in [0.05, 0.1) is 11.8 Å². The molecule has 0 saturated heterocycles. The third kappa shape index (κ3) is 2.55. The second kappa shape index (κ2) is 4.61. The van der Waals surface area contributed by atoms with Gasteiger partial charge in [-0.05, 0) is 14.0 Å². The number of nitrogens with zero attached hydrogens (tertiary/aromatic N) is 1. The van der Waals surface area contributed by atoms with E-state index in [9.17, 15) is 4.79 Å². The molecule has 0 unspecified atom stereocenters. The highest BCUT2D eigenvalue weighted by Gasteiger charge is 2.08. The third-order valence-corrected chi connectivity index (χ3v) is 1.74. The SMILES string of the molecule is CNCCNC(=O)c1cn[nH]c1C. The summed E-state index contributed by atoms with van der Waals surface area (Å²) < 4.78 is 0. The van der Waals surface area contributed by atoms with Crippen LogP contribution < -0.4 is 10.6 Å². The third-order valence-electron chi connectivity index (χ3n) is 1.74. The number of carbonyl (C=O) groups excluding carboxylic acids is 1. The van der Waals surface area contributed by atoms with Crippen molar-refractivity contribution in [1.29, 1.82) is 0 Å². The first-order valence-corrected chi connectivity index (χ1v) is 4.18. The van der Waals surface area contributed by atoms with Crippen LogP contribution in [-0.4, -0.2) is 36.2 Å². The van der Waals surface area contributed by atoms with E-state index in [1.165, 1.54) is 6.20 Å². The number of rotatable bonds is 4. The fraction of sp³-hybridized carbons (Fsp3) is 0.500. The molecule has 0 aliphatic heterocycles. The first-order valence-electron chi connectivity index (χ1n) is 4.18. The van der Waals surface area contributed by atoms with E-state index in [0.29, 0.717) is 12.1 Å². The molecule has 5 nitrogen and oxygen atoms in total. The molecule has 0 fully saturated rings. The van der Waals surface area contributed by atoms with Crippen LogP contribution in [0.3, 0.4) is 0 Å². The molecular formula is C8H14N4O. The predicted octanol–water partition coefficient (Wildman–Crippen LogP) is -0.333. The topological polar surface area (TPSA) is 69.8 Å². The van der Waals surface area contributed by atoms with E-state index in [1.54, 1.807) is 0 Å². The lowest BCUT2D eigenvalue weighted by Gasteiger charge is -2.02. The zero-order chi connectivity index (χ0) is 9.68. The Kier molecular flexibility index (Phi) is 3.45. The zero-order valence-electron chi connectivity index (χ0n) is 7.85. The van der Waals surface area contributed by atoms with Gasteiger partial charge in [0.15, 0.2) is 0 Å². The van der Waals surface area contributed by atoms with Gasteiger partial charge in [-0.1, -0.05) is 0 Å². The molecule has 0 saturated carbocycles. The molecule has 0 spiro atoms. The lowest BCUT2D eigenvalue weighted by atomic mass is 10.2. The number of nitrogens with one attached hydrogen (secondary N) is 3. The number of hydrogen-bond acceptors (Lipinski definition) is 3. The van der Waals surface area contributed by atoms with Crippen LogP contribution in [0.5, 0.6) is 0 Å². The summed E-state index contributed by atoms with van der Waals surface area (Å²) >= 11 is 0. The highest BCUT2D eigenvalue weighted by Crippen LogP contribution is 2.00. The lowest BCUT2D eigenvalue weighted by molar-refractivity contribution is 0.0953. The van der Waals surface area contributed by atoms with E-state index in [1.807, 2.05) is 14.0 Å². The number of likely N-dealkylation sites (N-methyl/N-ethyl adjacent to an activating group) is 1. The molecule has 0 radical (unpaired) electrons. The van der Waals surface area contributed by atoms with Crippen LogP contribution in [0.2, 0.25) is 0 Å². The van der Waals surface area contributed by atoms with Crippen LogP contribution >= 0.6 is 0 Å². The highest BCUT2D eigenvalue weighted by molar-refractivity contribution is 5.94. The monoisotopic (exact) mass is 182 g/mol. The molecule has 0 aliphatic carbocycles. The first kappa shape index (κ1) is 9.73. The van der Waals surface area contributed by atoms with Crippen LogP contribution in [0.1, 0.15) is 16.1 Å². The van der Waals surface area contributed by atoms with Gasteiger partial charge in [-0.2, -0.15) is 5.10 Å². The Morgan fingerprint density at radius 3 is 2.92 bits per heavy atom. The summed E-state index contributed by atoms with van der Waals surface area (Å²) in [6.07, 6.45) is 1.53. The Morgan fingerprint density at radius 1 is 1.62 bits per heavy atom. The Hall–Kier alpha value is -1.36. The van der Waals surface area contributed by atoms with Crippen molar-refractivity contribution in [3.63, 3.8) is 0 Å². The van der Waals surface area contributed by atoms with Crippen LogP contribution in [0, 0.1) is 6.92 Å². The summed E-state index contributed by atoms with van der Waals surface area (Å²) in [5.74, 6) is -0.0819. The Labute approximate surface area is 76.9 Å². The molecule has 1 heterocycles. The molecule has 1 rings (SSSR count). The molecule has 3 N–H and O–H groups in total. The fourth-order valence-corrected chi connectivity index (χ4v) is 0.976. The molecule has 13 heavy (non-hydrogen) atoms. The van der Waals surface area contributed by atoms with Crippen LogP contribution in [-0.2, 0) is 0 Å². The van der Waals surface area contributed by atoms with Crippen molar-refractivity contribution in [2.24, 2.45) is 0 Å². The van der Waals surface area contributed by atoms with Gasteiger partial charge >= 0.3 is 0 Å². The Balaban J connectivity index is 2.45. The summed E-state index contributed by atoms with van der Waals surface area (Å²) in [6, 6.07) is 0. The van der Waals surface area contributed by atoms with Crippen molar-refractivity contribution in [2.45, 2.75) is 6.92 Å². The van der Waals surface area contributed by atoms with E-state index in [0.717, 1.165) is 12.2 Å². The minimum absolute atomic E-state index is 0.0819. The van der Waals surface area contributed by atoms with Gasteiger partial charge in [0.1, 0.15) is 0 Å². The Bertz CT molecular complexity index is 281. The highest BCUT2D eigenvalue weighted by atomic mass is 16.1. The molecule has 1 aromatic heterocycles. The maximum Gasteiger partial charge on any atom is 0.254 e. The van der Waals surface area contributed by atoms with Crippen LogP contribution in [0.25, 0.3) is 0 Å². The number of aromatic amines is 1. The number of amides is 1. The van der Waals surface area contributed by atoms with Gasteiger partial charge < -0.3 is 10.6 Å². The van der Waals surface area contributed by atoms with Gasteiger partial charge in [0.25, 0.3) is 5.91 Å². The minimum atomic E-state index is -0.0819. The summed E-state index contributed by atoms with van der Waals surface area (Å²) in [6.45, 7) is 3.21. The van der Waals surface area contributed by atoms with E-state index >= 15 is 0 Å². The van der Waals surface area contributed by atoms with Crippen molar-refractivity contribution in [1.82, 2.24) is 20.8 Å². The molecule has 0 bridgehead atoms. The van der Waals surface area contributed by atoms with Crippen LogP contribution in [0.4, 0.5) is 0 Å². The first-order chi connectivity index (χ1) is 6.25. The molecule has 0 aliphatic rings. The quantitative estimate of drug-likeness (QED) is 0.558. The number of aryl methyl sites for hydroxylation is 1. The molecule has 1 amide bonds. The van der Waals surface area contributed by atoms with E-state index < -0.39 is 0 Å². The number of carbonyl (C=O) groups is 1. The maximum absolute atomic E-state index is 11.4. The largest absolute Gasteiger partial charge is 0.351 e. The van der Waals surface area contributed by atoms with E-state index in [2.05, 4.69) is 20.8 Å². The maximum atomic E-state index is 11.4. The van der Waals surface area contributed by atoms with Crippen LogP contribution in [0.15, 0.2) is 6.20 Å². The van der Waals surface area contributed by atoms with Gasteiger partial charge in [-0.15, -0.1) is 0 Å². The van der Waals surface area contributed by atoms with Crippen molar-refractivity contribution in [3.05, 3.63) is 17.5 Å². The van der Waals surface area contributed by atoms with Gasteiger partial charge in [0.2, 0.25) is 0 Å². The molecule has 72 valence electrons. The molecule has 0 aromatic carbocycles. The molecule has 1 aromatic rings. The predicted molar refractivity (Wildman–Crippen MR) is 49.6 cm³/mol. The molecule has 5 heteroatoms. The number of H-pyrrole nitrogens is 1. The lowest BCUT2D eigenvalue weighted by Crippen LogP contribution is -2.30. The van der Waals surface area contributed by atoms with Gasteiger partial charge in [-0.3, -0.25) is 9.89 Å². The van der Waals surface area contributed by atoms with Crippen molar-refractivity contribution < 1.29 is 4.79 Å². The second-order valence-corrected chi connectivity index (χ2v) is 2.77. The number of aromatic nitrogens is 2. The zero-order valence-corrected chi connectivity index (χ0v) is 7.85. The average Bonchev–Trinajstić information content (AvgIpc) is 2.52. The summed E-state index contributed by atoms with van der Waals surface area (Å²) in [7, 11) is 1.84. The van der Waals surface area contributed by atoms with E-state index in [-0.39, 0.29) is 5.91 Å². The molecule has 0 atom stereocenters. The van der Waals surface area contributed by atoms with Crippen molar-refractivity contribution in [2.75, 3.05) is 20.1 Å². The summed E-state index contributed by atoms with van der Waals surface area (Å²) in [5, 5.41) is 12.2. The van der Waals surface area contributed by atoms with Gasteiger partial charge in [0, 0.05) is 18.8 Å². The summed E-state index contributed by atoms with van der Waals surface area (Å²) in [5.41, 5.74) is 1.40.